The minimum Gasteiger partial charge on any atom is -0.465 e. The Hall–Kier alpha value is -1.36. The van der Waals surface area contributed by atoms with E-state index in [0.29, 0.717) is 22.9 Å². The molecule has 1 amide bonds. The van der Waals surface area contributed by atoms with Crippen LogP contribution in [0.4, 0.5) is 5.00 Å². The van der Waals surface area contributed by atoms with E-state index in [1.807, 2.05) is 13.8 Å². The van der Waals surface area contributed by atoms with Gasteiger partial charge in [0.25, 0.3) is 0 Å². The van der Waals surface area contributed by atoms with Gasteiger partial charge < -0.3 is 10.1 Å². The third-order valence-corrected chi connectivity index (χ3v) is 6.48. The van der Waals surface area contributed by atoms with Crippen LogP contribution in [0.1, 0.15) is 52.9 Å². The fourth-order valence-electron chi connectivity index (χ4n) is 4.11. The van der Waals surface area contributed by atoms with Gasteiger partial charge in [0.05, 0.1) is 12.7 Å². The first-order chi connectivity index (χ1) is 10.5. The summed E-state index contributed by atoms with van der Waals surface area (Å²) in [4.78, 5) is 25.3. The molecule has 5 heteroatoms. The summed E-state index contributed by atoms with van der Waals surface area (Å²) in [5.74, 6) is 1.77. The minimum atomic E-state index is -0.378. The van der Waals surface area contributed by atoms with E-state index in [9.17, 15) is 9.59 Å². The molecule has 0 aliphatic heterocycles. The topological polar surface area (TPSA) is 55.4 Å². The number of rotatable bonds is 4. The fourth-order valence-corrected chi connectivity index (χ4v) is 5.17. The summed E-state index contributed by atoms with van der Waals surface area (Å²) < 4.78 is 4.84. The maximum atomic E-state index is 12.4. The van der Waals surface area contributed by atoms with E-state index in [2.05, 4.69) is 5.32 Å². The van der Waals surface area contributed by atoms with Gasteiger partial charge in [0.1, 0.15) is 5.00 Å². The van der Waals surface area contributed by atoms with Gasteiger partial charge in [-0.2, -0.15) is 0 Å². The summed E-state index contributed by atoms with van der Waals surface area (Å²) in [6.07, 6.45) is 5.72. The Kier molecular flexibility index (Phi) is 4.26. The Labute approximate surface area is 135 Å². The Morgan fingerprint density at radius 1 is 1.27 bits per heavy atom. The van der Waals surface area contributed by atoms with Crippen molar-refractivity contribution in [3.05, 3.63) is 16.0 Å². The van der Waals surface area contributed by atoms with E-state index in [1.165, 1.54) is 44.1 Å². The van der Waals surface area contributed by atoms with Crippen LogP contribution < -0.4 is 5.32 Å². The molecule has 2 saturated carbocycles. The largest absolute Gasteiger partial charge is 0.465 e. The molecule has 1 aromatic rings. The SMILES string of the molecule is COC(=O)c1c(NC(=O)CC2CC3CCC2C3)sc(C)c1C. The zero-order valence-corrected chi connectivity index (χ0v) is 14.2. The Balaban J connectivity index is 1.69. The molecule has 3 unspecified atom stereocenters. The zero-order valence-electron chi connectivity index (χ0n) is 13.4. The van der Waals surface area contributed by atoms with Crippen LogP contribution in [0.5, 0.6) is 0 Å². The van der Waals surface area contributed by atoms with Crippen LogP contribution in [0.2, 0.25) is 0 Å². The number of nitrogens with one attached hydrogen (secondary N) is 1. The third-order valence-electron chi connectivity index (χ3n) is 5.36. The zero-order chi connectivity index (χ0) is 15.9. The number of hydrogen-bond donors (Lipinski definition) is 1. The molecule has 2 fully saturated rings. The van der Waals surface area contributed by atoms with Gasteiger partial charge in [-0.15, -0.1) is 11.3 Å². The van der Waals surface area contributed by atoms with Crippen LogP contribution in [-0.2, 0) is 9.53 Å². The number of anilines is 1. The van der Waals surface area contributed by atoms with E-state index < -0.39 is 0 Å². The van der Waals surface area contributed by atoms with Crippen molar-refractivity contribution in [2.24, 2.45) is 17.8 Å². The lowest BCUT2D eigenvalue weighted by Crippen LogP contribution is -2.21. The molecular weight excluding hydrogens is 298 g/mol. The summed E-state index contributed by atoms with van der Waals surface area (Å²) in [5.41, 5.74) is 1.40. The minimum absolute atomic E-state index is 0.0314. The number of methoxy groups -OCH3 is 1. The van der Waals surface area contributed by atoms with Crippen LogP contribution in [-0.4, -0.2) is 19.0 Å². The van der Waals surface area contributed by atoms with Crippen LogP contribution in [0.3, 0.4) is 0 Å². The number of fused-ring (bicyclic) bond motifs is 2. The molecule has 2 bridgehead atoms. The Morgan fingerprint density at radius 3 is 2.64 bits per heavy atom. The highest BCUT2D eigenvalue weighted by atomic mass is 32.1. The summed E-state index contributed by atoms with van der Waals surface area (Å²) in [7, 11) is 1.37. The van der Waals surface area contributed by atoms with Crippen molar-refractivity contribution in [3.63, 3.8) is 0 Å². The van der Waals surface area contributed by atoms with Gasteiger partial charge in [0.15, 0.2) is 0 Å². The lowest BCUT2D eigenvalue weighted by Gasteiger charge is -2.20. The van der Waals surface area contributed by atoms with Crippen molar-refractivity contribution in [2.45, 2.75) is 46.0 Å². The number of esters is 1. The highest BCUT2D eigenvalue weighted by Crippen LogP contribution is 2.49. The maximum absolute atomic E-state index is 12.4. The first-order valence-electron chi connectivity index (χ1n) is 7.97. The lowest BCUT2D eigenvalue weighted by atomic mass is 9.86. The van der Waals surface area contributed by atoms with E-state index in [0.717, 1.165) is 22.3 Å². The van der Waals surface area contributed by atoms with Crippen molar-refractivity contribution in [1.82, 2.24) is 0 Å². The first kappa shape index (κ1) is 15.5. The molecule has 0 saturated heterocycles. The average Bonchev–Trinajstić information content (AvgIpc) is 3.15. The number of ether oxygens (including phenoxy) is 1. The smallest absolute Gasteiger partial charge is 0.341 e. The molecular formula is C17H23NO3S. The van der Waals surface area contributed by atoms with Gasteiger partial charge in [-0.1, -0.05) is 6.42 Å². The normalized spacial score (nSPS) is 26.2. The standard InChI is InChI=1S/C17H23NO3S/c1-9-10(2)22-16(15(9)17(20)21-3)18-14(19)8-13-7-11-4-5-12(13)6-11/h11-13H,4-8H2,1-3H3,(H,18,19). The number of hydrogen-bond acceptors (Lipinski definition) is 4. The van der Waals surface area contributed by atoms with Crippen molar-refractivity contribution in [1.29, 1.82) is 0 Å². The van der Waals surface area contributed by atoms with Crippen molar-refractivity contribution in [3.8, 4) is 0 Å². The highest BCUT2D eigenvalue weighted by Gasteiger charge is 2.40. The van der Waals surface area contributed by atoms with Crippen LogP contribution in [0.15, 0.2) is 0 Å². The second kappa shape index (κ2) is 6.03. The van der Waals surface area contributed by atoms with Gasteiger partial charge in [0.2, 0.25) is 5.91 Å². The second-order valence-electron chi connectivity index (χ2n) is 6.67. The molecule has 120 valence electrons. The molecule has 1 aromatic heterocycles. The van der Waals surface area contributed by atoms with E-state index in [4.69, 9.17) is 4.74 Å². The predicted octanol–water partition coefficient (Wildman–Crippen LogP) is 3.92. The van der Waals surface area contributed by atoms with E-state index >= 15 is 0 Å². The lowest BCUT2D eigenvalue weighted by molar-refractivity contribution is -0.117. The summed E-state index contributed by atoms with van der Waals surface area (Å²) in [5, 5.41) is 3.59. The number of carbonyl (C=O) groups is 2. The molecule has 1 N–H and O–H groups in total. The number of amides is 1. The molecule has 1 heterocycles. The molecule has 22 heavy (non-hydrogen) atoms. The molecule has 0 radical (unpaired) electrons. The van der Waals surface area contributed by atoms with E-state index in [1.54, 1.807) is 0 Å². The summed E-state index contributed by atoms with van der Waals surface area (Å²) in [6, 6.07) is 0. The molecule has 0 aromatic carbocycles. The summed E-state index contributed by atoms with van der Waals surface area (Å²) in [6.45, 7) is 3.85. The van der Waals surface area contributed by atoms with Gasteiger partial charge in [-0.25, -0.2) is 4.79 Å². The van der Waals surface area contributed by atoms with Gasteiger partial charge >= 0.3 is 5.97 Å². The second-order valence-corrected chi connectivity index (χ2v) is 7.89. The summed E-state index contributed by atoms with van der Waals surface area (Å²) >= 11 is 1.45. The Bertz CT molecular complexity index is 607. The monoisotopic (exact) mass is 321 g/mol. The van der Waals surface area contributed by atoms with Gasteiger partial charge in [0, 0.05) is 11.3 Å². The number of aryl methyl sites for hydroxylation is 1. The molecule has 3 rings (SSSR count). The van der Waals surface area contributed by atoms with Crippen LogP contribution >= 0.6 is 11.3 Å². The molecule has 3 atom stereocenters. The molecule has 4 nitrogen and oxygen atoms in total. The molecule has 2 aliphatic carbocycles. The third kappa shape index (κ3) is 2.78. The first-order valence-corrected chi connectivity index (χ1v) is 8.79. The van der Waals surface area contributed by atoms with Gasteiger partial charge in [-0.3, -0.25) is 4.79 Å². The van der Waals surface area contributed by atoms with Crippen LogP contribution in [0, 0.1) is 31.6 Å². The Morgan fingerprint density at radius 2 is 2.05 bits per heavy atom. The highest BCUT2D eigenvalue weighted by molar-refractivity contribution is 7.16. The van der Waals surface area contributed by atoms with Crippen LogP contribution in [0.25, 0.3) is 0 Å². The van der Waals surface area contributed by atoms with Crippen molar-refractivity contribution < 1.29 is 14.3 Å². The quantitative estimate of drug-likeness (QED) is 0.855. The van der Waals surface area contributed by atoms with Gasteiger partial charge in [-0.05, 0) is 56.4 Å². The number of carbonyl (C=O) groups excluding carboxylic acids is 2. The fraction of sp³-hybridized carbons (Fsp3) is 0.647. The van der Waals surface area contributed by atoms with Crippen molar-refractivity contribution in [2.75, 3.05) is 12.4 Å². The molecule has 2 aliphatic rings. The molecule has 0 spiro atoms. The average molecular weight is 321 g/mol. The predicted molar refractivity (Wildman–Crippen MR) is 87.3 cm³/mol. The van der Waals surface area contributed by atoms with Crippen molar-refractivity contribution >= 4 is 28.2 Å². The number of thiophene rings is 1. The van der Waals surface area contributed by atoms with E-state index in [-0.39, 0.29) is 11.9 Å². The maximum Gasteiger partial charge on any atom is 0.341 e.